The van der Waals surface area contributed by atoms with E-state index in [9.17, 15) is 9.59 Å². The molecule has 0 bridgehead atoms. The normalized spacial score (nSPS) is 20.8. The molecule has 0 spiro atoms. The first-order valence-electron chi connectivity index (χ1n) is 5.88. The molecule has 1 aromatic rings. The monoisotopic (exact) mass is 238 g/mol. The van der Waals surface area contributed by atoms with E-state index in [2.05, 4.69) is 4.98 Å². The quantitative estimate of drug-likeness (QED) is 0.798. The van der Waals surface area contributed by atoms with Crippen LogP contribution in [0.4, 0.5) is 0 Å². The van der Waals surface area contributed by atoms with Gasteiger partial charge in [0.15, 0.2) is 0 Å². The molecule has 5 heteroatoms. The lowest BCUT2D eigenvalue weighted by Crippen LogP contribution is -2.45. The van der Waals surface area contributed by atoms with Crippen LogP contribution in [0.1, 0.15) is 45.4 Å². The largest absolute Gasteiger partial charge is 0.372 e. The van der Waals surface area contributed by atoms with Crippen molar-refractivity contribution in [3.05, 3.63) is 32.6 Å². The number of aromatic amines is 1. The molecular weight excluding hydrogens is 220 g/mol. The Morgan fingerprint density at radius 1 is 1.41 bits per heavy atom. The fraction of sp³-hybridized carbons (Fsp3) is 0.667. The van der Waals surface area contributed by atoms with Gasteiger partial charge in [0.05, 0.1) is 11.8 Å². The molecule has 0 amide bonds. The SMILES string of the molecule is CC(C)(C)n1c(=O)cc([C@H]2CCCO2)[nH]c1=O. The summed E-state index contributed by atoms with van der Waals surface area (Å²) in [4.78, 5) is 26.6. The molecule has 1 fully saturated rings. The van der Waals surface area contributed by atoms with Crippen LogP contribution in [0, 0.1) is 0 Å². The summed E-state index contributed by atoms with van der Waals surface area (Å²) < 4.78 is 6.68. The Bertz CT molecular complexity index is 485. The maximum atomic E-state index is 12.0. The topological polar surface area (TPSA) is 64.1 Å². The van der Waals surface area contributed by atoms with Crippen LogP contribution in [0.25, 0.3) is 0 Å². The average Bonchev–Trinajstić information content (AvgIpc) is 2.66. The molecule has 5 nitrogen and oxygen atoms in total. The van der Waals surface area contributed by atoms with E-state index in [-0.39, 0.29) is 17.4 Å². The van der Waals surface area contributed by atoms with Gasteiger partial charge in [0.25, 0.3) is 5.56 Å². The first-order valence-corrected chi connectivity index (χ1v) is 5.88. The van der Waals surface area contributed by atoms with Crippen molar-refractivity contribution in [3.63, 3.8) is 0 Å². The van der Waals surface area contributed by atoms with Gasteiger partial charge in [-0.1, -0.05) is 0 Å². The van der Waals surface area contributed by atoms with E-state index in [0.29, 0.717) is 12.3 Å². The number of aromatic nitrogens is 2. The summed E-state index contributed by atoms with van der Waals surface area (Å²) in [7, 11) is 0. The maximum absolute atomic E-state index is 12.0. The molecular formula is C12H18N2O3. The second-order valence-electron chi connectivity index (χ2n) is 5.38. The Labute approximate surface area is 99.4 Å². The summed E-state index contributed by atoms with van der Waals surface area (Å²) in [6.07, 6.45) is 1.69. The van der Waals surface area contributed by atoms with E-state index >= 15 is 0 Å². The van der Waals surface area contributed by atoms with Crippen molar-refractivity contribution < 1.29 is 4.74 Å². The average molecular weight is 238 g/mol. The number of rotatable bonds is 1. The molecule has 1 saturated heterocycles. The molecule has 17 heavy (non-hydrogen) atoms. The van der Waals surface area contributed by atoms with Gasteiger partial charge < -0.3 is 9.72 Å². The minimum atomic E-state index is -0.514. The third-order valence-electron chi connectivity index (χ3n) is 2.90. The first-order chi connectivity index (χ1) is 7.89. The van der Waals surface area contributed by atoms with Crippen molar-refractivity contribution in [1.82, 2.24) is 9.55 Å². The molecule has 1 aliphatic rings. The Kier molecular flexibility index (Phi) is 2.95. The van der Waals surface area contributed by atoms with Gasteiger partial charge >= 0.3 is 5.69 Å². The fourth-order valence-corrected chi connectivity index (χ4v) is 2.14. The molecule has 2 heterocycles. The zero-order valence-electron chi connectivity index (χ0n) is 10.4. The summed E-state index contributed by atoms with van der Waals surface area (Å²) in [6.45, 7) is 6.18. The Hall–Kier alpha value is -1.36. The second-order valence-corrected chi connectivity index (χ2v) is 5.38. The van der Waals surface area contributed by atoms with Gasteiger partial charge in [-0.3, -0.25) is 9.36 Å². The lowest BCUT2D eigenvalue weighted by atomic mass is 10.1. The molecule has 94 valence electrons. The van der Waals surface area contributed by atoms with E-state index in [1.165, 1.54) is 10.6 Å². The number of hydrogen-bond donors (Lipinski definition) is 1. The highest BCUT2D eigenvalue weighted by molar-refractivity contribution is 5.06. The smallest absolute Gasteiger partial charge is 0.329 e. The molecule has 0 aromatic carbocycles. The van der Waals surface area contributed by atoms with Crippen molar-refractivity contribution in [2.75, 3.05) is 6.61 Å². The van der Waals surface area contributed by atoms with Crippen LogP contribution in [0.5, 0.6) is 0 Å². The fourth-order valence-electron chi connectivity index (χ4n) is 2.14. The summed E-state index contributed by atoms with van der Waals surface area (Å²) in [5.74, 6) is 0. The van der Waals surface area contributed by atoms with Crippen molar-refractivity contribution in [2.45, 2.75) is 45.3 Å². The summed E-state index contributed by atoms with van der Waals surface area (Å²) >= 11 is 0. The highest BCUT2D eigenvalue weighted by Crippen LogP contribution is 2.25. The molecule has 2 rings (SSSR count). The lowest BCUT2D eigenvalue weighted by Gasteiger charge is -2.21. The highest BCUT2D eigenvalue weighted by Gasteiger charge is 2.23. The van der Waals surface area contributed by atoms with Crippen molar-refractivity contribution in [1.29, 1.82) is 0 Å². The van der Waals surface area contributed by atoms with Crippen molar-refractivity contribution in [2.24, 2.45) is 0 Å². The van der Waals surface area contributed by atoms with Crippen LogP contribution in [0.3, 0.4) is 0 Å². The molecule has 1 N–H and O–H groups in total. The molecule has 1 aliphatic heterocycles. The minimum Gasteiger partial charge on any atom is -0.372 e. The van der Waals surface area contributed by atoms with E-state index in [0.717, 1.165) is 12.8 Å². The standard InChI is InChI=1S/C12H18N2O3/c1-12(2,3)14-10(15)7-8(13-11(14)16)9-5-4-6-17-9/h7,9H,4-6H2,1-3H3,(H,13,16)/t9-/m1/s1. The zero-order valence-corrected chi connectivity index (χ0v) is 10.4. The first kappa shape index (κ1) is 12.1. The van der Waals surface area contributed by atoms with Gasteiger partial charge in [0.1, 0.15) is 0 Å². The minimum absolute atomic E-state index is 0.134. The third-order valence-corrected chi connectivity index (χ3v) is 2.90. The van der Waals surface area contributed by atoms with E-state index in [1.807, 2.05) is 20.8 Å². The van der Waals surface area contributed by atoms with Crippen LogP contribution >= 0.6 is 0 Å². The molecule has 1 aromatic heterocycles. The lowest BCUT2D eigenvalue weighted by molar-refractivity contribution is 0.108. The van der Waals surface area contributed by atoms with Gasteiger partial charge in [-0.2, -0.15) is 0 Å². The predicted molar refractivity (Wildman–Crippen MR) is 64.2 cm³/mol. The van der Waals surface area contributed by atoms with Gasteiger partial charge in [-0.05, 0) is 33.6 Å². The van der Waals surface area contributed by atoms with Crippen molar-refractivity contribution >= 4 is 0 Å². The van der Waals surface area contributed by atoms with Gasteiger partial charge in [0.2, 0.25) is 0 Å². The number of nitrogens with zero attached hydrogens (tertiary/aromatic N) is 1. The number of ether oxygens (including phenoxy) is 1. The maximum Gasteiger partial charge on any atom is 0.329 e. The van der Waals surface area contributed by atoms with Crippen LogP contribution in [-0.4, -0.2) is 16.2 Å². The molecule has 0 radical (unpaired) electrons. The van der Waals surface area contributed by atoms with Crippen molar-refractivity contribution in [3.8, 4) is 0 Å². The molecule has 1 atom stereocenters. The van der Waals surface area contributed by atoms with E-state index in [1.54, 1.807) is 0 Å². The number of H-pyrrole nitrogens is 1. The zero-order chi connectivity index (χ0) is 12.6. The molecule has 0 aliphatic carbocycles. The van der Waals surface area contributed by atoms with Gasteiger partial charge in [-0.25, -0.2) is 4.79 Å². The third kappa shape index (κ3) is 2.34. The van der Waals surface area contributed by atoms with Crippen LogP contribution in [-0.2, 0) is 10.3 Å². The Balaban J connectivity index is 2.49. The summed E-state index contributed by atoms with van der Waals surface area (Å²) in [5, 5.41) is 0. The van der Waals surface area contributed by atoms with E-state index < -0.39 is 5.54 Å². The Morgan fingerprint density at radius 3 is 2.59 bits per heavy atom. The highest BCUT2D eigenvalue weighted by atomic mass is 16.5. The molecule has 0 unspecified atom stereocenters. The van der Waals surface area contributed by atoms with Gasteiger partial charge in [-0.15, -0.1) is 0 Å². The summed E-state index contributed by atoms with van der Waals surface area (Å²) in [6, 6.07) is 1.47. The number of nitrogens with one attached hydrogen (secondary N) is 1. The van der Waals surface area contributed by atoms with Crippen LogP contribution < -0.4 is 11.2 Å². The van der Waals surface area contributed by atoms with Crippen LogP contribution in [0.2, 0.25) is 0 Å². The number of hydrogen-bond acceptors (Lipinski definition) is 3. The van der Waals surface area contributed by atoms with Gasteiger partial charge in [0, 0.05) is 18.2 Å². The molecule has 0 saturated carbocycles. The predicted octanol–water partition coefficient (Wildman–Crippen LogP) is 1.14. The van der Waals surface area contributed by atoms with E-state index in [4.69, 9.17) is 4.74 Å². The summed E-state index contributed by atoms with van der Waals surface area (Å²) in [5.41, 5.74) is -0.556. The Morgan fingerprint density at radius 2 is 2.12 bits per heavy atom. The van der Waals surface area contributed by atoms with Crippen LogP contribution in [0.15, 0.2) is 15.7 Å². The second kappa shape index (κ2) is 4.14.